The Bertz CT molecular complexity index is 928. The number of thiophene rings is 1. The minimum atomic E-state index is -3.50. The maximum Gasteiger partial charge on any atom is 0.243 e. The van der Waals surface area contributed by atoms with E-state index in [0.717, 1.165) is 12.8 Å². The summed E-state index contributed by atoms with van der Waals surface area (Å²) >= 11 is 1.66. The van der Waals surface area contributed by atoms with E-state index in [-0.39, 0.29) is 28.8 Å². The zero-order valence-electron chi connectivity index (χ0n) is 17.1. The van der Waals surface area contributed by atoms with Crippen molar-refractivity contribution in [3.63, 3.8) is 0 Å². The van der Waals surface area contributed by atoms with Gasteiger partial charge < -0.3 is 10.6 Å². The predicted molar refractivity (Wildman–Crippen MR) is 118 cm³/mol. The third kappa shape index (κ3) is 5.45. The summed E-state index contributed by atoms with van der Waals surface area (Å²) in [6.07, 6.45) is 1.78. The van der Waals surface area contributed by atoms with Crippen LogP contribution < -0.4 is 10.6 Å². The molecule has 2 N–H and O–H groups in total. The van der Waals surface area contributed by atoms with Gasteiger partial charge in [-0.1, -0.05) is 32.9 Å². The van der Waals surface area contributed by atoms with E-state index in [0.29, 0.717) is 18.8 Å². The topological polar surface area (TPSA) is 78.5 Å². The lowest BCUT2D eigenvalue weighted by Crippen LogP contribution is -2.37. The van der Waals surface area contributed by atoms with E-state index < -0.39 is 10.0 Å². The molecule has 1 aromatic carbocycles. The Hall–Kier alpha value is -1.74. The van der Waals surface area contributed by atoms with E-state index in [9.17, 15) is 13.2 Å². The molecule has 6 nitrogen and oxygen atoms in total. The van der Waals surface area contributed by atoms with Crippen molar-refractivity contribution in [3.05, 3.63) is 46.7 Å². The second-order valence-corrected chi connectivity index (χ2v) is 11.3. The van der Waals surface area contributed by atoms with Gasteiger partial charge in [0.15, 0.2) is 0 Å². The molecule has 0 saturated carbocycles. The average Bonchev–Trinajstić information content (AvgIpc) is 3.35. The minimum Gasteiger partial charge on any atom is -0.325 e. The highest BCUT2D eigenvalue weighted by molar-refractivity contribution is 7.89. The van der Waals surface area contributed by atoms with Gasteiger partial charge in [0.25, 0.3) is 0 Å². The SMILES string of the molecule is CC(C)(C)C(NCC(=O)Nc1cccc(S(=O)(=O)N2CCCC2)c1)c1cccs1. The number of nitrogens with zero attached hydrogens (tertiary/aromatic N) is 1. The van der Waals surface area contributed by atoms with E-state index in [1.54, 1.807) is 29.5 Å². The molecule has 1 aromatic heterocycles. The average molecular weight is 436 g/mol. The van der Waals surface area contributed by atoms with Crippen LogP contribution in [0.1, 0.15) is 44.5 Å². The molecule has 158 valence electrons. The van der Waals surface area contributed by atoms with E-state index in [4.69, 9.17) is 0 Å². The maximum atomic E-state index is 12.7. The first-order valence-electron chi connectivity index (χ1n) is 9.85. The van der Waals surface area contributed by atoms with Crippen molar-refractivity contribution in [1.29, 1.82) is 0 Å². The number of benzene rings is 1. The number of sulfonamides is 1. The first-order valence-corrected chi connectivity index (χ1v) is 12.2. The van der Waals surface area contributed by atoms with Gasteiger partial charge in [-0.25, -0.2) is 8.42 Å². The van der Waals surface area contributed by atoms with Gasteiger partial charge in [-0.05, 0) is 47.9 Å². The van der Waals surface area contributed by atoms with Gasteiger partial charge in [0.1, 0.15) is 0 Å². The number of nitrogens with one attached hydrogen (secondary N) is 2. The molecule has 1 aliphatic heterocycles. The lowest BCUT2D eigenvalue weighted by atomic mass is 9.86. The second-order valence-electron chi connectivity index (χ2n) is 8.38. The van der Waals surface area contributed by atoms with Crippen LogP contribution in [-0.4, -0.2) is 38.3 Å². The van der Waals surface area contributed by atoms with Crippen molar-refractivity contribution >= 4 is 33.0 Å². The number of rotatable bonds is 7. The van der Waals surface area contributed by atoms with E-state index in [2.05, 4.69) is 37.5 Å². The van der Waals surface area contributed by atoms with E-state index in [1.807, 2.05) is 11.4 Å². The molecule has 2 aromatic rings. The van der Waals surface area contributed by atoms with Crippen LogP contribution in [0, 0.1) is 5.41 Å². The summed E-state index contributed by atoms with van der Waals surface area (Å²) in [5.41, 5.74) is 0.440. The number of amides is 1. The van der Waals surface area contributed by atoms with Crippen molar-refractivity contribution in [2.24, 2.45) is 5.41 Å². The highest BCUT2D eigenvalue weighted by atomic mass is 32.2. The highest BCUT2D eigenvalue weighted by Gasteiger charge is 2.28. The van der Waals surface area contributed by atoms with Crippen molar-refractivity contribution in [2.75, 3.05) is 25.0 Å². The fraction of sp³-hybridized carbons (Fsp3) is 0.476. The van der Waals surface area contributed by atoms with Gasteiger partial charge in [0, 0.05) is 29.7 Å². The lowest BCUT2D eigenvalue weighted by molar-refractivity contribution is -0.115. The Balaban J connectivity index is 1.65. The van der Waals surface area contributed by atoms with Crippen molar-refractivity contribution in [1.82, 2.24) is 9.62 Å². The summed E-state index contributed by atoms with van der Waals surface area (Å²) < 4.78 is 27.0. The van der Waals surface area contributed by atoms with Crippen LogP contribution in [-0.2, 0) is 14.8 Å². The Morgan fingerprint density at radius 1 is 1.17 bits per heavy atom. The molecule has 3 rings (SSSR count). The monoisotopic (exact) mass is 435 g/mol. The quantitative estimate of drug-likeness (QED) is 0.692. The van der Waals surface area contributed by atoms with E-state index >= 15 is 0 Å². The minimum absolute atomic E-state index is 0.0468. The molecule has 0 bridgehead atoms. The summed E-state index contributed by atoms with van der Waals surface area (Å²) in [5, 5.41) is 8.19. The van der Waals surface area contributed by atoms with Crippen LogP contribution in [0.25, 0.3) is 0 Å². The van der Waals surface area contributed by atoms with Crippen molar-refractivity contribution in [3.8, 4) is 0 Å². The third-order valence-corrected chi connectivity index (χ3v) is 7.81. The molecule has 0 spiro atoms. The number of carbonyl (C=O) groups excluding carboxylic acids is 1. The number of hydrogen-bond acceptors (Lipinski definition) is 5. The van der Waals surface area contributed by atoms with Crippen LogP contribution in [0.2, 0.25) is 0 Å². The molecule has 0 aliphatic carbocycles. The first kappa shape index (κ1) is 22.0. The van der Waals surface area contributed by atoms with Crippen molar-refractivity contribution < 1.29 is 13.2 Å². The first-order chi connectivity index (χ1) is 13.7. The summed E-state index contributed by atoms with van der Waals surface area (Å²) in [5.74, 6) is -0.202. The molecule has 1 unspecified atom stereocenters. The van der Waals surface area contributed by atoms with Crippen LogP contribution in [0.5, 0.6) is 0 Å². The van der Waals surface area contributed by atoms with Gasteiger partial charge in [-0.3, -0.25) is 4.79 Å². The molecule has 0 radical (unpaired) electrons. The molecule has 1 atom stereocenters. The van der Waals surface area contributed by atoms with E-state index in [1.165, 1.54) is 15.2 Å². The summed E-state index contributed by atoms with van der Waals surface area (Å²) in [6.45, 7) is 7.65. The molecule has 8 heteroatoms. The van der Waals surface area contributed by atoms with Gasteiger partial charge in [-0.2, -0.15) is 4.31 Å². The molecule has 1 saturated heterocycles. The molecule has 29 heavy (non-hydrogen) atoms. The zero-order valence-corrected chi connectivity index (χ0v) is 18.8. The lowest BCUT2D eigenvalue weighted by Gasteiger charge is -2.30. The van der Waals surface area contributed by atoms with Crippen molar-refractivity contribution in [2.45, 2.75) is 44.6 Å². The number of carbonyl (C=O) groups is 1. The maximum absolute atomic E-state index is 12.7. The van der Waals surface area contributed by atoms with Crippen LogP contribution in [0.3, 0.4) is 0 Å². The van der Waals surface area contributed by atoms with Gasteiger partial charge in [0.05, 0.1) is 11.4 Å². The number of hydrogen-bond donors (Lipinski definition) is 2. The Labute approximate surface area is 177 Å². The molecule has 1 amide bonds. The number of anilines is 1. The Kier molecular flexibility index (Phi) is 6.78. The normalized spacial score (nSPS) is 16.7. The van der Waals surface area contributed by atoms with Gasteiger partial charge >= 0.3 is 0 Å². The van der Waals surface area contributed by atoms with Gasteiger partial charge in [-0.15, -0.1) is 11.3 Å². The Morgan fingerprint density at radius 2 is 1.90 bits per heavy atom. The van der Waals surface area contributed by atoms with Crippen LogP contribution >= 0.6 is 11.3 Å². The van der Waals surface area contributed by atoms with Crippen LogP contribution in [0.4, 0.5) is 5.69 Å². The summed E-state index contributed by atoms with van der Waals surface area (Å²) in [7, 11) is -3.50. The molecule has 1 fully saturated rings. The molecule has 2 heterocycles. The highest BCUT2D eigenvalue weighted by Crippen LogP contribution is 2.35. The van der Waals surface area contributed by atoms with Gasteiger partial charge in [0.2, 0.25) is 15.9 Å². The smallest absolute Gasteiger partial charge is 0.243 e. The fourth-order valence-corrected chi connectivity index (χ4v) is 6.11. The predicted octanol–water partition coefficient (Wildman–Crippen LogP) is 3.85. The summed E-state index contributed by atoms with van der Waals surface area (Å²) in [4.78, 5) is 13.9. The molecular weight excluding hydrogens is 406 g/mol. The fourth-order valence-electron chi connectivity index (χ4n) is 3.50. The largest absolute Gasteiger partial charge is 0.325 e. The van der Waals surface area contributed by atoms with Crippen LogP contribution in [0.15, 0.2) is 46.7 Å². The second kappa shape index (κ2) is 8.95. The molecular formula is C21H29N3O3S2. The summed E-state index contributed by atoms with van der Waals surface area (Å²) in [6, 6.07) is 10.6. The Morgan fingerprint density at radius 3 is 2.52 bits per heavy atom. The zero-order chi connectivity index (χ0) is 21.1. The molecule has 1 aliphatic rings. The third-order valence-electron chi connectivity index (χ3n) is 4.98. The standard InChI is InChI=1S/C21H29N3O3S2/c1-21(2,3)20(18-10-7-13-28-18)22-15-19(25)23-16-8-6-9-17(14-16)29(26,27)24-11-4-5-12-24/h6-10,13-14,20,22H,4-5,11-12,15H2,1-3H3,(H,23,25).